The van der Waals surface area contributed by atoms with Gasteiger partial charge in [0.2, 0.25) is 0 Å². The van der Waals surface area contributed by atoms with Gasteiger partial charge in [-0.1, -0.05) is 0 Å². The molecule has 3 aromatic rings. The fourth-order valence-corrected chi connectivity index (χ4v) is 4.61. The van der Waals surface area contributed by atoms with Crippen molar-refractivity contribution < 1.29 is 0 Å². The molecule has 2 fully saturated rings. The molecule has 0 spiro atoms. The van der Waals surface area contributed by atoms with Gasteiger partial charge in [-0.05, 0) is 75.9 Å². The molecule has 4 heterocycles. The molecule has 1 saturated heterocycles. The lowest BCUT2D eigenvalue weighted by molar-refractivity contribution is 0.186. The molecule has 0 bridgehead atoms. The van der Waals surface area contributed by atoms with Gasteiger partial charge in [0.15, 0.2) is 5.65 Å². The zero-order valence-electron chi connectivity index (χ0n) is 16.1. The molecule has 3 N–H and O–H groups in total. The van der Waals surface area contributed by atoms with E-state index in [1.807, 2.05) is 28.9 Å². The van der Waals surface area contributed by atoms with Gasteiger partial charge >= 0.3 is 0 Å². The lowest BCUT2D eigenvalue weighted by Gasteiger charge is -2.34. The van der Waals surface area contributed by atoms with Crippen molar-refractivity contribution in [3.8, 4) is 11.3 Å². The summed E-state index contributed by atoms with van der Waals surface area (Å²) in [5.74, 6) is 1.41. The number of imidazole rings is 1. The maximum atomic E-state index is 5.71. The monoisotopic (exact) mass is 377 g/mol. The zero-order chi connectivity index (χ0) is 18.9. The summed E-state index contributed by atoms with van der Waals surface area (Å²) in [6, 6.07) is 9.07. The largest absolute Gasteiger partial charge is 0.384 e. The van der Waals surface area contributed by atoms with E-state index in [1.165, 1.54) is 51.6 Å². The predicted octanol–water partition coefficient (Wildman–Crippen LogP) is 3.19. The van der Waals surface area contributed by atoms with Gasteiger partial charge < -0.3 is 16.0 Å². The van der Waals surface area contributed by atoms with Crippen molar-refractivity contribution in [3.63, 3.8) is 0 Å². The molecular formula is C21H27N7. The number of pyridine rings is 1. The highest BCUT2D eigenvalue weighted by Gasteiger charge is 2.27. The molecule has 3 aromatic heterocycles. The summed E-state index contributed by atoms with van der Waals surface area (Å²) in [6.45, 7) is 2.59. The molecule has 0 aromatic carbocycles. The van der Waals surface area contributed by atoms with Gasteiger partial charge in [-0.25, -0.2) is 14.5 Å². The van der Waals surface area contributed by atoms with Crippen LogP contribution in [0.5, 0.6) is 0 Å². The smallest absolute Gasteiger partial charge is 0.154 e. The van der Waals surface area contributed by atoms with Crippen LogP contribution in [0.1, 0.15) is 38.5 Å². The highest BCUT2D eigenvalue weighted by molar-refractivity contribution is 5.63. The summed E-state index contributed by atoms with van der Waals surface area (Å²) < 4.78 is 1.88. The number of aromatic nitrogens is 4. The topological polar surface area (TPSA) is 84.4 Å². The molecule has 7 heteroatoms. The molecule has 0 amide bonds. The molecule has 28 heavy (non-hydrogen) atoms. The highest BCUT2D eigenvalue weighted by Crippen LogP contribution is 2.28. The third-order valence-corrected chi connectivity index (χ3v) is 6.15. The average molecular weight is 377 g/mol. The molecule has 1 aliphatic carbocycles. The van der Waals surface area contributed by atoms with Gasteiger partial charge in [0.1, 0.15) is 11.6 Å². The summed E-state index contributed by atoms with van der Waals surface area (Å²) in [5.41, 5.74) is 8.41. The molecule has 1 saturated carbocycles. The number of hydrogen-bond acceptors (Lipinski definition) is 6. The Balaban J connectivity index is 1.30. The van der Waals surface area contributed by atoms with Crippen LogP contribution >= 0.6 is 0 Å². The van der Waals surface area contributed by atoms with Crippen LogP contribution in [-0.4, -0.2) is 49.7 Å². The minimum atomic E-state index is 0.494. The van der Waals surface area contributed by atoms with Crippen LogP contribution in [0.2, 0.25) is 0 Å². The van der Waals surface area contributed by atoms with Crippen LogP contribution in [0.3, 0.4) is 0 Å². The SMILES string of the molecule is Nc1ccc(-c2cnc3ccc(NC4CCC(N5CCCC5)CC4)nn23)cn1. The van der Waals surface area contributed by atoms with E-state index in [-0.39, 0.29) is 0 Å². The molecule has 0 radical (unpaired) electrons. The van der Waals surface area contributed by atoms with E-state index in [0.717, 1.165) is 28.8 Å². The summed E-state index contributed by atoms with van der Waals surface area (Å²) in [7, 11) is 0. The minimum absolute atomic E-state index is 0.494. The van der Waals surface area contributed by atoms with Crippen molar-refractivity contribution in [2.24, 2.45) is 0 Å². The number of fused-ring (bicyclic) bond motifs is 1. The average Bonchev–Trinajstić information content (AvgIpc) is 3.39. The Morgan fingerprint density at radius 2 is 1.75 bits per heavy atom. The molecule has 146 valence electrons. The van der Waals surface area contributed by atoms with Gasteiger partial charge in [-0.3, -0.25) is 0 Å². The summed E-state index contributed by atoms with van der Waals surface area (Å²) >= 11 is 0. The second kappa shape index (κ2) is 7.39. The Morgan fingerprint density at radius 1 is 0.929 bits per heavy atom. The van der Waals surface area contributed by atoms with Gasteiger partial charge in [0.05, 0.1) is 11.9 Å². The van der Waals surface area contributed by atoms with Crippen LogP contribution in [0.25, 0.3) is 16.9 Å². The Labute approximate surface area is 165 Å². The van der Waals surface area contributed by atoms with Crippen molar-refractivity contribution in [2.45, 2.75) is 50.6 Å². The van der Waals surface area contributed by atoms with Crippen molar-refractivity contribution in [1.29, 1.82) is 0 Å². The number of anilines is 2. The summed E-state index contributed by atoms with van der Waals surface area (Å²) in [5, 5.41) is 8.45. The molecule has 0 unspecified atom stereocenters. The molecule has 5 rings (SSSR count). The molecule has 7 nitrogen and oxygen atoms in total. The maximum Gasteiger partial charge on any atom is 0.154 e. The first-order valence-electron chi connectivity index (χ1n) is 10.3. The fourth-order valence-electron chi connectivity index (χ4n) is 4.61. The number of hydrogen-bond donors (Lipinski definition) is 2. The molecule has 1 aliphatic heterocycles. The standard InChI is InChI=1S/C21H27N7/c22-19-8-3-15(13-23-19)18-14-24-21-10-9-20(26-28(18)21)25-16-4-6-17(7-5-16)27-11-1-2-12-27/h3,8-10,13-14,16-17H,1-2,4-7,11-12H2,(H2,22,23)(H,25,26). The first kappa shape index (κ1) is 17.4. The second-order valence-corrected chi connectivity index (χ2v) is 8.00. The molecule has 2 aliphatic rings. The van der Waals surface area contributed by atoms with Crippen molar-refractivity contribution in [1.82, 2.24) is 24.5 Å². The minimum Gasteiger partial charge on any atom is -0.384 e. The zero-order valence-corrected chi connectivity index (χ0v) is 16.1. The highest BCUT2D eigenvalue weighted by atomic mass is 15.3. The third-order valence-electron chi connectivity index (χ3n) is 6.15. The number of nitrogens with two attached hydrogens (primary N) is 1. The number of nitrogens with zero attached hydrogens (tertiary/aromatic N) is 5. The normalized spacial score (nSPS) is 23.3. The van der Waals surface area contributed by atoms with E-state index in [0.29, 0.717) is 11.9 Å². The van der Waals surface area contributed by atoms with Gasteiger partial charge in [-0.15, -0.1) is 5.10 Å². The van der Waals surface area contributed by atoms with Gasteiger partial charge in [-0.2, -0.15) is 0 Å². The van der Waals surface area contributed by atoms with Gasteiger partial charge in [0.25, 0.3) is 0 Å². The van der Waals surface area contributed by atoms with Crippen LogP contribution in [0, 0.1) is 0 Å². The van der Waals surface area contributed by atoms with E-state index in [2.05, 4.69) is 20.2 Å². The maximum absolute atomic E-state index is 5.71. The van der Waals surface area contributed by atoms with E-state index < -0.39 is 0 Å². The molecular weight excluding hydrogens is 350 g/mol. The third kappa shape index (κ3) is 3.42. The van der Waals surface area contributed by atoms with Crippen molar-refractivity contribution >= 4 is 17.3 Å². The van der Waals surface area contributed by atoms with E-state index in [1.54, 1.807) is 12.3 Å². The Kier molecular flexibility index (Phi) is 4.60. The summed E-state index contributed by atoms with van der Waals surface area (Å²) in [4.78, 5) is 11.3. The Bertz CT molecular complexity index is 935. The van der Waals surface area contributed by atoms with Crippen LogP contribution < -0.4 is 11.1 Å². The molecule has 0 atom stereocenters. The van der Waals surface area contributed by atoms with E-state index in [9.17, 15) is 0 Å². The number of nitrogen functional groups attached to an aromatic ring is 1. The predicted molar refractivity (Wildman–Crippen MR) is 111 cm³/mol. The van der Waals surface area contributed by atoms with Crippen LogP contribution in [0.4, 0.5) is 11.6 Å². The van der Waals surface area contributed by atoms with Crippen LogP contribution in [-0.2, 0) is 0 Å². The lowest BCUT2D eigenvalue weighted by Crippen LogP contribution is -2.39. The van der Waals surface area contributed by atoms with Gasteiger partial charge in [0, 0.05) is 23.8 Å². The quantitative estimate of drug-likeness (QED) is 0.726. The van der Waals surface area contributed by atoms with Crippen LogP contribution in [0.15, 0.2) is 36.7 Å². The Morgan fingerprint density at radius 3 is 2.50 bits per heavy atom. The first-order chi connectivity index (χ1) is 13.8. The number of likely N-dealkylation sites (tertiary alicyclic amines) is 1. The second-order valence-electron chi connectivity index (χ2n) is 8.00. The Hall–Kier alpha value is -2.67. The first-order valence-corrected chi connectivity index (χ1v) is 10.3. The van der Waals surface area contributed by atoms with Crippen molar-refractivity contribution in [3.05, 3.63) is 36.7 Å². The fraction of sp³-hybridized carbons (Fsp3) is 0.476. The number of rotatable bonds is 4. The summed E-state index contributed by atoms with van der Waals surface area (Å²) in [6.07, 6.45) is 11.3. The number of nitrogens with one attached hydrogen (secondary N) is 1. The van der Waals surface area contributed by atoms with Crippen molar-refractivity contribution in [2.75, 3.05) is 24.1 Å². The van der Waals surface area contributed by atoms with E-state index in [4.69, 9.17) is 10.8 Å². The lowest BCUT2D eigenvalue weighted by atomic mass is 9.90. The van der Waals surface area contributed by atoms with E-state index >= 15 is 0 Å².